The van der Waals surface area contributed by atoms with Crippen LogP contribution in [0.25, 0.3) is 33.7 Å². The van der Waals surface area contributed by atoms with Crippen LogP contribution in [0.3, 0.4) is 0 Å². The van der Waals surface area contributed by atoms with E-state index in [0.29, 0.717) is 5.89 Å². The molecule has 0 atom stereocenters. The summed E-state index contributed by atoms with van der Waals surface area (Å²) in [6, 6.07) is 92.6. The highest BCUT2D eigenvalue weighted by molar-refractivity contribution is 6.15. The Labute approximate surface area is 498 Å². The largest absolute Gasteiger partial charge is 0.436 e. The first-order valence-electron chi connectivity index (χ1n) is 29.9. The van der Waals surface area contributed by atoms with E-state index in [-0.39, 0.29) is 21.7 Å². The molecule has 0 N–H and O–H groups in total. The Hall–Kier alpha value is -9.91. The van der Waals surface area contributed by atoms with Gasteiger partial charge in [-0.3, -0.25) is 0 Å². The quantitative estimate of drug-likeness (QED) is 0.165. The fraction of sp³-hybridized carbons (Fsp3) is 0.152. The van der Waals surface area contributed by atoms with Gasteiger partial charge in [0.25, 0.3) is 0 Å². The third kappa shape index (κ3) is 7.21. The summed E-state index contributed by atoms with van der Waals surface area (Å²) < 4.78 is 6.68. The van der Waals surface area contributed by atoms with E-state index in [9.17, 15) is 0 Å². The van der Waals surface area contributed by atoms with Crippen molar-refractivity contribution in [3.63, 3.8) is 0 Å². The van der Waals surface area contributed by atoms with Crippen LogP contribution in [-0.4, -0.2) is 4.98 Å². The summed E-state index contributed by atoms with van der Waals surface area (Å²) in [4.78, 5) is 15.7. The van der Waals surface area contributed by atoms with Gasteiger partial charge in [0.05, 0.1) is 68.2 Å². The lowest BCUT2D eigenvalue weighted by Crippen LogP contribution is -2.36. The Balaban J connectivity index is 1.18. The lowest BCUT2D eigenvalue weighted by Gasteiger charge is -2.50. The van der Waals surface area contributed by atoms with E-state index in [1.165, 1.54) is 44.5 Å². The van der Waals surface area contributed by atoms with Gasteiger partial charge in [-0.05, 0) is 129 Å². The molecule has 11 aromatic carbocycles. The van der Waals surface area contributed by atoms with Crippen molar-refractivity contribution < 1.29 is 4.42 Å². The number of anilines is 12. The number of fused-ring (bicyclic) bond motifs is 9. The molecule has 0 saturated carbocycles. The molecule has 412 valence electrons. The zero-order valence-electron chi connectivity index (χ0n) is 49.3. The van der Waals surface area contributed by atoms with Crippen LogP contribution in [0.2, 0.25) is 0 Å². The van der Waals surface area contributed by atoms with Gasteiger partial charge in [-0.1, -0.05) is 225 Å². The van der Waals surface area contributed by atoms with Gasteiger partial charge in [0.15, 0.2) is 5.58 Å². The van der Waals surface area contributed by atoms with E-state index < -0.39 is 0 Å². The molecular formula is C79H65N5O. The van der Waals surface area contributed by atoms with Crippen molar-refractivity contribution in [2.24, 2.45) is 0 Å². The molecule has 0 saturated heterocycles. The predicted octanol–water partition coefficient (Wildman–Crippen LogP) is 21.6. The zero-order chi connectivity index (χ0) is 57.7. The smallest absolute Gasteiger partial charge is 0.227 e. The maximum atomic E-state index is 6.68. The molecule has 0 spiro atoms. The summed E-state index contributed by atoms with van der Waals surface area (Å²) in [5.74, 6) is 0.573. The van der Waals surface area contributed by atoms with Gasteiger partial charge in [-0.2, -0.15) is 0 Å². The molecule has 6 heteroatoms. The van der Waals surface area contributed by atoms with E-state index in [2.05, 4.69) is 299 Å². The van der Waals surface area contributed by atoms with Crippen molar-refractivity contribution in [2.45, 2.75) is 77.0 Å². The van der Waals surface area contributed by atoms with Crippen molar-refractivity contribution in [1.82, 2.24) is 4.98 Å². The Bertz CT molecular complexity index is 4500. The molecule has 85 heavy (non-hydrogen) atoms. The Morgan fingerprint density at radius 1 is 0.271 bits per heavy atom. The molecule has 16 rings (SSSR count). The van der Waals surface area contributed by atoms with Crippen molar-refractivity contribution in [1.29, 1.82) is 0 Å². The van der Waals surface area contributed by atoms with Crippen LogP contribution in [-0.2, 0) is 21.7 Å². The van der Waals surface area contributed by atoms with Crippen molar-refractivity contribution in [3.05, 3.63) is 293 Å². The normalized spacial score (nSPS) is 16.0. The van der Waals surface area contributed by atoms with Gasteiger partial charge in [-0.15, -0.1) is 0 Å². The van der Waals surface area contributed by atoms with Crippen molar-refractivity contribution in [2.75, 3.05) is 19.6 Å². The van der Waals surface area contributed by atoms with Gasteiger partial charge in [0.1, 0.15) is 5.52 Å². The fourth-order valence-electron chi connectivity index (χ4n) is 15.2. The number of hydrogen-bond acceptors (Lipinski definition) is 6. The minimum absolute atomic E-state index is 0.331. The lowest BCUT2D eigenvalue weighted by atomic mass is 9.72. The molecular weight excluding hydrogens is 1030 g/mol. The van der Waals surface area contributed by atoms with E-state index in [4.69, 9.17) is 9.40 Å². The van der Waals surface area contributed by atoms with Crippen LogP contribution in [0.15, 0.2) is 253 Å². The molecule has 0 bridgehead atoms. The zero-order valence-corrected chi connectivity index (χ0v) is 49.3. The molecule has 0 fully saturated rings. The van der Waals surface area contributed by atoms with Crippen LogP contribution in [0.1, 0.15) is 99.9 Å². The van der Waals surface area contributed by atoms with Crippen LogP contribution >= 0.6 is 0 Å². The molecule has 4 aliphatic heterocycles. The van der Waals surface area contributed by atoms with E-state index in [1.807, 2.05) is 24.3 Å². The second kappa shape index (κ2) is 18.3. The summed E-state index contributed by atoms with van der Waals surface area (Å²) in [6.07, 6.45) is 0. The average molecular weight is 1100 g/mol. The maximum absolute atomic E-state index is 6.68. The predicted molar refractivity (Wildman–Crippen MR) is 352 cm³/mol. The van der Waals surface area contributed by atoms with Crippen molar-refractivity contribution in [3.8, 4) is 22.6 Å². The van der Waals surface area contributed by atoms with E-state index >= 15 is 0 Å². The van der Waals surface area contributed by atoms with Crippen LogP contribution in [0.4, 0.5) is 68.2 Å². The van der Waals surface area contributed by atoms with Gasteiger partial charge >= 0.3 is 0 Å². The molecule has 5 heterocycles. The van der Waals surface area contributed by atoms with Crippen molar-refractivity contribution >= 4 is 79.3 Å². The summed E-state index contributed by atoms with van der Waals surface area (Å²) in [7, 11) is 0. The van der Waals surface area contributed by atoms with Crippen LogP contribution in [0, 0.1) is 0 Å². The topological polar surface area (TPSA) is 39.0 Å². The second-order valence-corrected chi connectivity index (χ2v) is 25.5. The number of benzene rings is 11. The molecule has 0 aliphatic carbocycles. The summed E-state index contributed by atoms with van der Waals surface area (Å²) in [5.41, 5.74) is 26.2. The standard InChI is InChI=1S/C79H65N5O/c1-76(2)53-30-9-18-39-62(53)81(63-40-19-10-31-54(63)76)70-49-52(50-28-27-29-51(48-50)75-80-61-38-17-26-47-71(61)85-75)72(82-64-41-20-11-32-55(64)77(3,4)56-33-12-21-42-65(56)82)74(84-68-45-24-15-36-59(68)79(7,8)60-37-16-25-46-69(60)84)73(70)83-66-43-22-13-34-57(66)78(5,6)58-35-14-23-44-67(58)83/h9-49H,1-8H3. The summed E-state index contributed by atoms with van der Waals surface area (Å²) in [5, 5.41) is 0. The molecule has 0 radical (unpaired) electrons. The second-order valence-electron chi connectivity index (χ2n) is 25.5. The Morgan fingerprint density at radius 3 is 0.953 bits per heavy atom. The molecule has 4 aliphatic rings. The molecule has 0 unspecified atom stereocenters. The summed E-state index contributed by atoms with van der Waals surface area (Å²) in [6.45, 7) is 19.1. The molecule has 1 aromatic heterocycles. The Morgan fingerprint density at radius 2 is 0.576 bits per heavy atom. The van der Waals surface area contributed by atoms with Gasteiger partial charge in [0.2, 0.25) is 5.89 Å². The SMILES string of the molecule is CC1(C)c2ccccc2N(c2cc(-c3cccc(-c4nc5ccccc5o4)c3)c(N3c4ccccc4C(C)(C)c4ccccc43)c(N3c4ccccc4C(C)(C)c4ccccc43)c2N2c3ccccc3C(C)(C)c3ccccc32)c2ccccc21. The molecule has 0 amide bonds. The number of nitrogens with zero attached hydrogens (tertiary/aromatic N) is 5. The fourth-order valence-corrected chi connectivity index (χ4v) is 15.2. The van der Waals surface area contributed by atoms with Crippen LogP contribution in [0.5, 0.6) is 0 Å². The summed E-state index contributed by atoms with van der Waals surface area (Å²) >= 11 is 0. The molecule has 6 nitrogen and oxygen atoms in total. The van der Waals surface area contributed by atoms with Gasteiger partial charge < -0.3 is 24.0 Å². The van der Waals surface area contributed by atoms with Gasteiger partial charge in [0, 0.05) is 32.8 Å². The third-order valence-electron chi connectivity index (χ3n) is 19.4. The number of aromatic nitrogens is 1. The lowest BCUT2D eigenvalue weighted by molar-refractivity contribution is 0.620. The van der Waals surface area contributed by atoms with Gasteiger partial charge in [-0.25, -0.2) is 4.98 Å². The average Bonchev–Trinajstić information content (AvgIpc) is 0.951. The number of rotatable bonds is 6. The highest BCUT2D eigenvalue weighted by atomic mass is 16.3. The van der Waals surface area contributed by atoms with E-state index in [0.717, 1.165) is 96.0 Å². The first-order valence-corrected chi connectivity index (χ1v) is 29.9. The first kappa shape index (κ1) is 50.8. The maximum Gasteiger partial charge on any atom is 0.227 e. The number of para-hydroxylation sites is 10. The highest BCUT2D eigenvalue weighted by Gasteiger charge is 2.48. The Kier molecular flexibility index (Phi) is 10.9. The molecule has 12 aromatic rings. The number of oxazole rings is 1. The van der Waals surface area contributed by atoms with Crippen LogP contribution < -0.4 is 19.6 Å². The monoisotopic (exact) mass is 1100 g/mol. The highest BCUT2D eigenvalue weighted by Crippen LogP contribution is 2.68. The first-order chi connectivity index (χ1) is 41.2. The van der Waals surface area contributed by atoms with E-state index in [1.54, 1.807) is 0 Å². The number of hydrogen-bond donors (Lipinski definition) is 0. The minimum atomic E-state index is -0.364. The third-order valence-corrected chi connectivity index (χ3v) is 19.4. The minimum Gasteiger partial charge on any atom is -0.436 e.